The molecule has 3 aliphatic rings. The Bertz CT molecular complexity index is 1250. The Morgan fingerprint density at radius 1 is 0.738 bits per heavy atom. The maximum atomic E-state index is 13.2. The average molecular weight is 597 g/mol. The lowest BCUT2D eigenvalue weighted by Crippen LogP contribution is -2.60. The third kappa shape index (κ3) is 5.76. The Kier molecular flexibility index (Phi) is 8.86. The number of aliphatic hydroxyl groups is 8. The molecule has 11 atom stereocenters. The molecule has 2 aromatic rings. The van der Waals surface area contributed by atoms with Crippen LogP contribution >= 0.6 is 0 Å². The number of ether oxygens (including phenoxy) is 5. The van der Waals surface area contributed by atoms with Gasteiger partial charge in [0, 0.05) is 12.1 Å². The van der Waals surface area contributed by atoms with Crippen LogP contribution in [0.3, 0.4) is 0 Å². The summed E-state index contributed by atoms with van der Waals surface area (Å²) in [5.41, 5.74) is 0.485. The third-order valence-electron chi connectivity index (χ3n) is 7.41. The molecule has 15 heteroatoms. The number of hydrogen-bond donors (Lipinski definition) is 9. The summed E-state index contributed by atoms with van der Waals surface area (Å²) in [6.45, 7) is -1.29. The molecular formula is C27H32O15. The van der Waals surface area contributed by atoms with E-state index in [1.54, 1.807) is 12.1 Å². The summed E-state index contributed by atoms with van der Waals surface area (Å²) < 4.78 is 27.9. The van der Waals surface area contributed by atoms with Crippen molar-refractivity contribution < 1.29 is 74.4 Å². The van der Waals surface area contributed by atoms with Crippen molar-refractivity contribution in [2.45, 2.75) is 73.9 Å². The van der Waals surface area contributed by atoms with Crippen molar-refractivity contribution in [2.75, 3.05) is 13.2 Å². The van der Waals surface area contributed by atoms with Crippen LogP contribution in [-0.2, 0) is 9.47 Å². The number of phenols is 1. The van der Waals surface area contributed by atoms with Gasteiger partial charge in [0.05, 0.1) is 19.6 Å². The van der Waals surface area contributed by atoms with Gasteiger partial charge in [-0.15, -0.1) is 0 Å². The van der Waals surface area contributed by atoms with E-state index in [1.807, 2.05) is 0 Å². The van der Waals surface area contributed by atoms with Crippen molar-refractivity contribution in [1.82, 2.24) is 0 Å². The Balaban J connectivity index is 1.31. The summed E-state index contributed by atoms with van der Waals surface area (Å²) in [7, 11) is 0. The fourth-order valence-corrected chi connectivity index (χ4v) is 5.04. The largest absolute Gasteiger partial charge is 0.508 e. The molecule has 0 spiro atoms. The number of aromatic hydroxyl groups is 1. The normalized spacial score (nSPS) is 36.6. The summed E-state index contributed by atoms with van der Waals surface area (Å²) in [4.78, 5) is 13.2. The molecule has 2 saturated heterocycles. The quantitative estimate of drug-likeness (QED) is 0.160. The molecule has 0 unspecified atom stereocenters. The Labute approximate surface area is 238 Å². The molecule has 0 bridgehead atoms. The zero-order chi connectivity index (χ0) is 30.3. The number of fused-ring (bicyclic) bond motifs is 1. The molecular weight excluding hydrogens is 564 g/mol. The predicted octanol–water partition coefficient (Wildman–Crippen LogP) is -2.54. The highest BCUT2D eigenvalue weighted by Crippen LogP contribution is 2.43. The molecule has 2 fully saturated rings. The summed E-state index contributed by atoms with van der Waals surface area (Å²) in [5, 5.41) is 89.5. The highest BCUT2D eigenvalue weighted by molar-refractivity contribution is 6.02. The maximum absolute atomic E-state index is 13.2. The smallest absolute Gasteiger partial charge is 0.229 e. The van der Waals surface area contributed by atoms with E-state index in [9.17, 15) is 50.8 Å². The minimum atomic E-state index is -1.74. The topological polar surface area (TPSA) is 245 Å². The Morgan fingerprint density at radius 2 is 1.29 bits per heavy atom. The number of Topliss-reactive ketones (excluding diaryl/α,β-unsaturated/α-hetero) is 1. The van der Waals surface area contributed by atoms with Crippen LogP contribution in [0.4, 0.5) is 0 Å². The van der Waals surface area contributed by atoms with Crippen molar-refractivity contribution in [3.05, 3.63) is 47.5 Å². The lowest BCUT2D eigenvalue weighted by molar-refractivity contribution is -0.277. The first kappa shape index (κ1) is 30.4. The number of rotatable bonds is 7. The zero-order valence-corrected chi connectivity index (χ0v) is 21.9. The molecule has 0 radical (unpaired) electrons. The fourth-order valence-electron chi connectivity index (χ4n) is 5.04. The van der Waals surface area contributed by atoms with Crippen molar-refractivity contribution in [1.29, 1.82) is 0 Å². The van der Waals surface area contributed by atoms with Gasteiger partial charge < -0.3 is 69.6 Å². The molecule has 15 nitrogen and oxygen atoms in total. The number of phenolic OH excluding ortho intramolecular Hbond substituents is 1. The minimum absolute atomic E-state index is 0.0301. The van der Waals surface area contributed by atoms with Gasteiger partial charge in [-0.3, -0.25) is 4.79 Å². The van der Waals surface area contributed by atoms with E-state index in [4.69, 9.17) is 23.7 Å². The van der Waals surface area contributed by atoms with Crippen LogP contribution in [0, 0.1) is 0 Å². The third-order valence-corrected chi connectivity index (χ3v) is 7.41. The summed E-state index contributed by atoms with van der Waals surface area (Å²) in [5.74, 6) is -0.815. The number of carbonyl (C=O) groups excluding carboxylic acids is 1. The van der Waals surface area contributed by atoms with Crippen LogP contribution in [0.1, 0.15) is 28.4 Å². The first-order valence-electron chi connectivity index (χ1n) is 13.1. The molecule has 9 N–H and O–H groups in total. The van der Waals surface area contributed by atoms with Crippen molar-refractivity contribution in [3.8, 4) is 23.0 Å². The number of aliphatic hydroxyl groups excluding tert-OH is 8. The molecule has 42 heavy (non-hydrogen) atoms. The van der Waals surface area contributed by atoms with Crippen LogP contribution in [0.2, 0.25) is 0 Å². The lowest BCUT2D eigenvalue weighted by Gasteiger charge is -2.40. The van der Waals surface area contributed by atoms with Crippen LogP contribution in [0.5, 0.6) is 23.0 Å². The molecule has 230 valence electrons. The minimum Gasteiger partial charge on any atom is -0.508 e. The summed E-state index contributed by atoms with van der Waals surface area (Å²) in [6.07, 6.45) is -16.1. The van der Waals surface area contributed by atoms with Crippen molar-refractivity contribution in [2.24, 2.45) is 0 Å². The van der Waals surface area contributed by atoms with Gasteiger partial charge in [-0.2, -0.15) is 0 Å². The second kappa shape index (κ2) is 12.3. The molecule has 0 aromatic heterocycles. The second-order valence-electron chi connectivity index (χ2n) is 10.3. The van der Waals surface area contributed by atoms with E-state index in [0.29, 0.717) is 5.56 Å². The van der Waals surface area contributed by atoms with E-state index in [1.165, 1.54) is 18.2 Å². The number of carbonyl (C=O) groups is 1. The Hall–Kier alpha value is -3.09. The molecule has 3 heterocycles. The molecule has 0 amide bonds. The van der Waals surface area contributed by atoms with Gasteiger partial charge in [-0.1, -0.05) is 12.1 Å². The Morgan fingerprint density at radius 3 is 1.83 bits per heavy atom. The molecule has 3 aliphatic heterocycles. The van der Waals surface area contributed by atoms with Gasteiger partial charge in [0.1, 0.15) is 83.5 Å². The van der Waals surface area contributed by atoms with E-state index >= 15 is 0 Å². The van der Waals surface area contributed by atoms with Crippen molar-refractivity contribution >= 4 is 5.78 Å². The van der Waals surface area contributed by atoms with Gasteiger partial charge in [0.25, 0.3) is 0 Å². The number of hydrogen-bond acceptors (Lipinski definition) is 15. The van der Waals surface area contributed by atoms with Crippen LogP contribution in [0.15, 0.2) is 36.4 Å². The molecule has 2 aromatic carbocycles. The van der Waals surface area contributed by atoms with Gasteiger partial charge in [0.2, 0.25) is 12.6 Å². The van der Waals surface area contributed by atoms with E-state index in [-0.39, 0.29) is 35.0 Å². The standard InChI is InChI=1S/C27H32O15/c28-8-17-20(32)22(34)24(36)26(41-17)38-12-3-1-10(2-4-12)14-7-13(31)19-15(39-14)5-11(30)6-16(19)40-27-25(37)23(35)21(33)18(9-29)42-27/h1-6,14,17-18,20-30,32-37H,7-9H2/t14-,17+,18+,20+,21+,22-,23-,24+,25+,26+,27+/m0/s1. The SMILES string of the molecule is O=C1C[C@@H](c2ccc(O[C@@H]3O[C@H](CO)[C@@H](O)[C@H](O)[C@H]3O)cc2)Oc2cc(O)cc(O[C@@H]3O[C@H](CO)[C@@H](O)[C@H](O)[C@H]3O)c21. The average Bonchev–Trinajstić information content (AvgIpc) is 2.97. The van der Waals surface area contributed by atoms with Crippen LogP contribution in [-0.4, -0.2) is 126 Å². The van der Waals surface area contributed by atoms with Gasteiger partial charge in [0.15, 0.2) is 5.78 Å². The van der Waals surface area contributed by atoms with E-state index < -0.39 is 86.5 Å². The molecule has 0 saturated carbocycles. The van der Waals surface area contributed by atoms with E-state index in [0.717, 1.165) is 6.07 Å². The fraction of sp³-hybridized carbons (Fsp3) is 0.519. The highest BCUT2D eigenvalue weighted by Gasteiger charge is 2.46. The lowest BCUT2D eigenvalue weighted by atomic mass is 9.95. The molecule has 0 aliphatic carbocycles. The first-order chi connectivity index (χ1) is 20.0. The van der Waals surface area contributed by atoms with E-state index in [2.05, 4.69) is 0 Å². The summed E-state index contributed by atoms with van der Waals surface area (Å²) >= 11 is 0. The van der Waals surface area contributed by atoms with Gasteiger partial charge in [-0.25, -0.2) is 0 Å². The van der Waals surface area contributed by atoms with Gasteiger partial charge >= 0.3 is 0 Å². The highest BCUT2D eigenvalue weighted by atomic mass is 16.7. The number of ketones is 1. The first-order valence-corrected chi connectivity index (χ1v) is 13.1. The predicted molar refractivity (Wildman–Crippen MR) is 136 cm³/mol. The maximum Gasteiger partial charge on any atom is 0.229 e. The monoisotopic (exact) mass is 596 g/mol. The van der Waals surface area contributed by atoms with Gasteiger partial charge in [-0.05, 0) is 17.7 Å². The van der Waals surface area contributed by atoms with Crippen LogP contribution < -0.4 is 14.2 Å². The number of benzene rings is 2. The molecule has 5 rings (SSSR count). The summed E-state index contributed by atoms with van der Waals surface area (Å²) in [6, 6.07) is 8.46. The van der Waals surface area contributed by atoms with Crippen molar-refractivity contribution in [3.63, 3.8) is 0 Å². The van der Waals surface area contributed by atoms with Crippen LogP contribution in [0.25, 0.3) is 0 Å². The second-order valence-corrected chi connectivity index (χ2v) is 10.3. The zero-order valence-electron chi connectivity index (χ0n) is 21.9.